The molecular formula is C15H15F2NO4S2. The third-order valence-corrected chi connectivity index (χ3v) is 5.94. The lowest BCUT2D eigenvalue weighted by Crippen LogP contribution is -2.27. The van der Waals surface area contributed by atoms with Crippen LogP contribution in [0.3, 0.4) is 0 Å². The van der Waals surface area contributed by atoms with E-state index in [0.29, 0.717) is 23.8 Å². The van der Waals surface area contributed by atoms with E-state index in [1.165, 1.54) is 31.2 Å². The second-order valence-electron chi connectivity index (χ2n) is 5.29. The largest absolute Gasteiger partial charge is 0.241 e. The van der Waals surface area contributed by atoms with Gasteiger partial charge in [0.1, 0.15) is 11.6 Å². The first kappa shape index (κ1) is 18.5. The molecule has 130 valence electrons. The van der Waals surface area contributed by atoms with Crippen LogP contribution in [-0.4, -0.2) is 23.1 Å². The quantitative estimate of drug-likeness (QED) is 0.870. The van der Waals surface area contributed by atoms with Crippen molar-refractivity contribution in [3.8, 4) is 0 Å². The molecule has 0 fully saturated rings. The van der Waals surface area contributed by atoms with Gasteiger partial charge in [0.2, 0.25) is 10.0 Å². The van der Waals surface area contributed by atoms with Crippen LogP contribution in [0.25, 0.3) is 0 Å². The molecule has 1 N–H and O–H groups in total. The molecule has 2 aromatic carbocycles. The Morgan fingerprint density at radius 1 is 0.875 bits per heavy atom. The maximum absolute atomic E-state index is 13.2. The van der Waals surface area contributed by atoms with Crippen molar-refractivity contribution in [2.24, 2.45) is 0 Å². The molecule has 0 saturated heterocycles. The van der Waals surface area contributed by atoms with Gasteiger partial charge in [0.25, 0.3) is 0 Å². The molecule has 0 aliphatic rings. The Labute approximate surface area is 139 Å². The number of sulfonamides is 1. The number of nitrogens with one attached hydrogen (secondary N) is 1. The molecule has 5 nitrogen and oxygen atoms in total. The minimum Gasteiger partial charge on any atom is -0.224 e. The van der Waals surface area contributed by atoms with Gasteiger partial charge in [0, 0.05) is 18.4 Å². The summed E-state index contributed by atoms with van der Waals surface area (Å²) in [6.07, 6.45) is 1.06. The van der Waals surface area contributed by atoms with Crippen molar-refractivity contribution in [2.75, 3.05) is 6.26 Å². The summed E-state index contributed by atoms with van der Waals surface area (Å²) in [7, 11) is -7.49. The fourth-order valence-electron chi connectivity index (χ4n) is 2.06. The summed E-state index contributed by atoms with van der Waals surface area (Å²) in [6.45, 7) is 1.53. The third-order valence-electron chi connectivity index (χ3n) is 3.29. The first-order chi connectivity index (χ1) is 11.0. The molecule has 2 rings (SSSR count). The molecule has 0 aliphatic heterocycles. The molecule has 0 radical (unpaired) electrons. The predicted molar refractivity (Wildman–Crippen MR) is 84.6 cm³/mol. The van der Waals surface area contributed by atoms with Crippen LogP contribution in [0.5, 0.6) is 0 Å². The lowest BCUT2D eigenvalue weighted by molar-refractivity contribution is 0.553. The average molecular weight is 375 g/mol. The van der Waals surface area contributed by atoms with E-state index in [0.717, 1.165) is 6.26 Å². The maximum Gasteiger partial charge on any atom is 0.241 e. The zero-order valence-corrected chi connectivity index (χ0v) is 14.5. The highest BCUT2D eigenvalue weighted by atomic mass is 32.2. The Bertz CT molecular complexity index is 935. The molecule has 0 spiro atoms. The topological polar surface area (TPSA) is 80.3 Å². The molecular weight excluding hydrogens is 360 g/mol. The van der Waals surface area contributed by atoms with Crippen LogP contribution in [-0.2, 0) is 19.9 Å². The van der Waals surface area contributed by atoms with Gasteiger partial charge in [0.15, 0.2) is 9.84 Å². The molecule has 24 heavy (non-hydrogen) atoms. The second-order valence-corrected chi connectivity index (χ2v) is 9.02. The summed E-state index contributed by atoms with van der Waals surface area (Å²) in [5, 5.41) is 0. The Balaban J connectivity index is 2.26. The molecule has 0 aliphatic carbocycles. The third kappa shape index (κ3) is 4.37. The van der Waals surface area contributed by atoms with Crippen LogP contribution in [0.4, 0.5) is 8.78 Å². The molecule has 1 unspecified atom stereocenters. The Kier molecular flexibility index (Phi) is 5.07. The predicted octanol–water partition coefficient (Wildman–Crippen LogP) is 2.41. The summed E-state index contributed by atoms with van der Waals surface area (Å²) >= 11 is 0. The summed E-state index contributed by atoms with van der Waals surface area (Å²) < 4.78 is 75.9. The van der Waals surface area contributed by atoms with Crippen LogP contribution in [0.1, 0.15) is 18.5 Å². The molecule has 9 heteroatoms. The van der Waals surface area contributed by atoms with Crippen molar-refractivity contribution in [3.05, 3.63) is 59.7 Å². The van der Waals surface area contributed by atoms with Gasteiger partial charge < -0.3 is 0 Å². The Morgan fingerprint density at radius 3 is 1.83 bits per heavy atom. The van der Waals surface area contributed by atoms with Crippen LogP contribution in [0.2, 0.25) is 0 Å². The van der Waals surface area contributed by atoms with Gasteiger partial charge in [-0.2, -0.15) is 0 Å². The number of hydrogen-bond donors (Lipinski definition) is 1. The minimum absolute atomic E-state index is 0.105. The number of benzene rings is 2. The lowest BCUT2D eigenvalue weighted by Gasteiger charge is -2.15. The van der Waals surface area contributed by atoms with Crippen molar-refractivity contribution in [1.82, 2.24) is 4.72 Å². The average Bonchev–Trinajstić information content (AvgIpc) is 2.45. The van der Waals surface area contributed by atoms with E-state index < -0.39 is 42.4 Å². The zero-order valence-electron chi connectivity index (χ0n) is 12.8. The molecule has 1 atom stereocenters. The SMILES string of the molecule is CC(NS(=O)(=O)c1cc(F)cc(F)c1)c1ccc(S(C)(=O)=O)cc1. The van der Waals surface area contributed by atoms with Gasteiger partial charge >= 0.3 is 0 Å². The Morgan fingerprint density at radius 2 is 1.38 bits per heavy atom. The van der Waals surface area contributed by atoms with Gasteiger partial charge in [-0.25, -0.2) is 30.3 Å². The van der Waals surface area contributed by atoms with E-state index in [-0.39, 0.29) is 4.90 Å². The number of halogens is 2. The van der Waals surface area contributed by atoms with Gasteiger partial charge in [-0.3, -0.25) is 0 Å². The molecule has 0 bridgehead atoms. The zero-order chi connectivity index (χ0) is 18.1. The van der Waals surface area contributed by atoms with E-state index >= 15 is 0 Å². The van der Waals surface area contributed by atoms with Crippen molar-refractivity contribution >= 4 is 19.9 Å². The van der Waals surface area contributed by atoms with Gasteiger partial charge in [-0.05, 0) is 36.8 Å². The van der Waals surface area contributed by atoms with Crippen LogP contribution in [0, 0.1) is 11.6 Å². The van der Waals surface area contributed by atoms with Crippen LogP contribution >= 0.6 is 0 Å². The summed E-state index contributed by atoms with van der Waals surface area (Å²) in [6, 6.07) is 6.93. The monoisotopic (exact) mass is 375 g/mol. The van der Waals surface area contributed by atoms with Crippen molar-refractivity contribution in [1.29, 1.82) is 0 Å². The smallest absolute Gasteiger partial charge is 0.224 e. The summed E-state index contributed by atoms with van der Waals surface area (Å²) in [5.41, 5.74) is 0.503. The highest BCUT2D eigenvalue weighted by Gasteiger charge is 2.20. The first-order valence-corrected chi connectivity index (χ1v) is 10.1. The Hall–Kier alpha value is -1.84. The lowest BCUT2D eigenvalue weighted by atomic mass is 10.1. The standard InChI is InChI=1S/C15H15F2NO4S2/c1-10(11-3-5-14(6-4-11)23(2,19)20)18-24(21,22)15-8-12(16)7-13(17)9-15/h3-10,18H,1-2H3. The number of sulfone groups is 1. The number of rotatable bonds is 5. The van der Waals surface area contributed by atoms with E-state index in [1.807, 2.05) is 0 Å². The molecule has 0 aromatic heterocycles. The van der Waals surface area contributed by atoms with Gasteiger partial charge in [0.05, 0.1) is 9.79 Å². The first-order valence-electron chi connectivity index (χ1n) is 6.77. The van der Waals surface area contributed by atoms with E-state index in [2.05, 4.69) is 4.72 Å². The van der Waals surface area contributed by atoms with Crippen molar-refractivity contribution < 1.29 is 25.6 Å². The number of hydrogen-bond acceptors (Lipinski definition) is 4. The molecule has 2 aromatic rings. The minimum atomic E-state index is -4.14. The highest BCUT2D eigenvalue weighted by molar-refractivity contribution is 7.90. The molecule has 0 amide bonds. The van der Waals surface area contributed by atoms with Gasteiger partial charge in [-0.15, -0.1) is 0 Å². The van der Waals surface area contributed by atoms with E-state index in [1.54, 1.807) is 0 Å². The fourth-order valence-corrected chi connectivity index (χ4v) is 3.96. The fraction of sp³-hybridized carbons (Fsp3) is 0.200. The summed E-state index contributed by atoms with van der Waals surface area (Å²) in [5.74, 6) is -2.00. The van der Waals surface area contributed by atoms with Crippen molar-refractivity contribution in [3.63, 3.8) is 0 Å². The second kappa shape index (κ2) is 6.58. The molecule has 0 saturated carbocycles. The molecule has 0 heterocycles. The van der Waals surface area contributed by atoms with E-state index in [9.17, 15) is 25.6 Å². The normalized spacial score (nSPS) is 13.7. The van der Waals surface area contributed by atoms with Crippen LogP contribution in [0.15, 0.2) is 52.3 Å². The van der Waals surface area contributed by atoms with Crippen molar-refractivity contribution in [2.45, 2.75) is 22.8 Å². The summed E-state index contributed by atoms with van der Waals surface area (Å²) in [4.78, 5) is -0.423. The van der Waals surface area contributed by atoms with E-state index in [4.69, 9.17) is 0 Å². The van der Waals surface area contributed by atoms with Crippen LogP contribution < -0.4 is 4.72 Å². The van der Waals surface area contributed by atoms with Gasteiger partial charge in [-0.1, -0.05) is 12.1 Å². The highest BCUT2D eigenvalue weighted by Crippen LogP contribution is 2.20. The maximum atomic E-state index is 13.2.